The Morgan fingerprint density at radius 1 is 1.30 bits per heavy atom. The van der Waals surface area contributed by atoms with E-state index in [1.54, 1.807) is 25.2 Å². The third-order valence-electron chi connectivity index (χ3n) is 3.36. The highest BCUT2D eigenvalue weighted by molar-refractivity contribution is 6.30. The Labute approximate surface area is 138 Å². The van der Waals surface area contributed by atoms with Crippen molar-refractivity contribution >= 4 is 11.6 Å². The second-order valence-corrected chi connectivity index (χ2v) is 5.35. The zero-order chi connectivity index (χ0) is 17.4. The normalized spacial score (nSPS) is 11.6. The zero-order valence-electron chi connectivity index (χ0n) is 13.8. The van der Waals surface area contributed by atoms with Gasteiger partial charge in [0.25, 0.3) is 0 Å². The number of aromatic nitrogens is 6. The fraction of sp³-hybridized carbons (Fsp3) is 0.286. The average molecular weight is 337 g/mol. The number of ether oxygens (including phenoxy) is 1. The van der Waals surface area contributed by atoms with Crippen LogP contribution in [0.25, 0.3) is 5.82 Å². The molecule has 3 rings (SSSR count). The first-order valence-corrected chi connectivity index (χ1v) is 7.17. The van der Waals surface area contributed by atoms with Gasteiger partial charge in [0.05, 0.1) is 6.93 Å². The highest BCUT2D eigenvalue weighted by Gasteiger charge is 2.20. The summed E-state index contributed by atoms with van der Waals surface area (Å²) in [6.07, 6.45) is 0. The van der Waals surface area contributed by atoms with Crippen LogP contribution in [0, 0.1) is 6.92 Å². The summed E-state index contributed by atoms with van der Waals surface area (Å²) in [6.45, 7) is 1.95. The van der Waals surface area contributed by atoms with Gasteiger partial charge in [-0.1, -0.05) is 29.8 Å². The van der Waals surface area contributed by atoms with E-state index in [2.05, 4.69) is 15.5 Å². The van der Waals surface area contributed by atoms with E-state index in [0.717, 1.165) is 14.9 Å². The van der Waals surface area contributed by atoms with Crippen LogP contribution < -0.4 is 10.4 Å². The number of nitrogens with zero attached hydrogens (tertiary/aromatic N) is 6. The molecule has 0 bridgehead atoms. The first-order valence-electron chi connectivity index (χ1n) is 7.29. The summed E-state index contributed by atoms with van der Waals surface area (Å²) >= 11 is 6.27. The minimum Gasteiger partial charge on any atom is -0.488 e. The standard InChI is InChI=1S/C14H15ClN6O2/c1-9-6-4-5-7-11(9)23-8-10-12(15)19(2)16-13(10)21-14(22)20(3)17-18-21/h4-7H,8H2,1-3H3/i4T. The van der Waals surface area contributed by atoms with Crippen LogP contribution in [-0.4, -0.2) is 29.6 Å². The molecule has 0 radical (unpaired) electrons. The molecular formula is C14H15ClN6O2. The number of para-hydroxylation sites is 1. The highest BCUT2D eigenvalue weighted by Crippen LogP contribution is 2.24. The van der Waals surface area contributed by atoms with Gasteiger partial charge in [0, 0.05) is 14.1 Å². The SMILES string of the molecule is [3H]c1ccc(OCc2c(-n3nnn(C)c3=O)nn(C)c2Cl)c(C)c1. The quantitative estimate of drug-likeness (QED) is 0.716. The van der Waals surface area contributed by atoms with E-state index in [0.29, 0.717) is 22.5 Å². The molecule has 1 aromatic carbocycles. The summed E-state index contributed by atoms with van der Waals surface area (Å²) in [4.78, 5) is 12.1. The molecule has 0 unspecified atom stereocenters. The van der Waals surface area contributed by atoms with Crippen LogP contribution in [0.4, 0.5) is 0 Å². The van der Waals surface area contributed by atoms with Gasteiger partial charge in [0.2, 0.25) is 0 Å². The number of tetrazole rings is 1. The van der Waals surface area contributed by atoms with Crippen LogP contribution in [0.5, 0.6) is 5.75 Å². The monoisotopic (exact) mass is 336 g/mol. The minimum absolute atomic E-state index is 0.100. The second-order valence-electron chi connectivity index (χ2n) is 4.99. The van der Waals surface area contributed by atoms with E-state index in [-0.39, 0.29) is 12.4 Å². The van der Waals surface area contributed by atoms with E-state index in [1.165, 1.54) is 11.7 Å². The van der Waals surface area contributed by atoms with Crippen LogP contribution in [0.1, 0.15) is 12.5 Å². The maximum absolute atomic E-state index is 12.1. The summed E-state index contributed by atoms with van der Waals surface area (Å²) < 4.78 is 17.0. The highest BCUT2D eigenvalue weighted by atomic mass is 35.5. The van der Waals surface area contributed by atoms with E-state index in [4.69, 9.17) is 17.7 Å². The molecule has 23 heavy (non-hydrogen) atoms. The van der Waals surface area contributed by atoms with Crippen LogP contribution >= 0.6 is 11.6 Å². The average Bonchev–Trinajstić information content (AvgIpc) is 3.00. The molecule has 0 saturated carbocycles. The van der Waals surface area contributed by atoms with Gasteiger partial charge in [-0.15, -0.1) is 4.68 Å². The van der Waals surface area contributed by atoms with Crippen LogP contribution in [0.2, 0.25) is 5.15 Å². The van der Waals surface area contributed by atoms with Crippen molar-refractivity contribution in [3.63, 3.8) is 0 Å². The molecule has 0 amide bonds. The summed E-state index contributed by atoms with van der Waals surface area (Å²) in [5, 5.41) is 12.0. The lowest BCUT2D eigenvalue weighted by atomic mass is 10.2. The van der Waals surface area contributed by atoms with E-state index in [1.807, 2.05) is 6.92 Å². The molecule has 0 N–H and O–H groups in total. The second kappa shape index (κ2) is 5.88. The van der Waals surface area contributed by atoms with Gasteiger partial charge in [-0.25, -0.2) is 4.79 Å². The Bertz CT molecular complexity index is 961. The summed E-state index contributed by atoms with van der Waals surface area (Å²) in [5.41, 5.74) is 0.928. The molecule has 0 fully saturated rings. The Hall–Kier alpha value is -2.61. The maximum atomic E-state index is 12.1. The van der Waals surface area contributed by atoms with Gasteiger partial charge >= 0.3 is 5.69 Å². The van der Waals surface area contributed by atoms with E-state index >= 15 is 0 Å². The molecule has 3 aromatic rings. The van der Waals surface area contributed by atoms with Crippen molar-refractivity contribution in [2.24, 2.45) is 14.1 Å². The van der Waals surface area contributed by atoms with Crippen LogP contribution in [0.3, 0.4) is 0 Å². The Morgan fingerprint density at radius 2 is 2.09 bits per heavy atom. The molecular weight excluding hydrogens is 320 g/mol. The Morgan fingerprint density at radius 3 is 2.74 bits per heavy atom. The first kappa shape index (κ1) is 14.0. The van der Waals surface area contributed by atoms with Crippen LogP contribution in [0.15, 0.2) is 29.0 Å². The largest absolute Gasteiger partial charge is 0.488 e. The molecule has 0 spiro atoms. The number of halogens is 1. The number of rotatable bonds is 4. The lowest BCUT2D eigenvalue weighted by Crippen LogP contribution is -2.23. The fourth-order valence-electron chi connectivity index (χ4n) is 2.09. The molecule has 2 heterocycles. The van der Waals surface area contributed by atoms with Crippen LogP contribution in [-0.2, 0) is 20.7 Å². The third kappa shape index (κ3) is 2.72. The summed E-state index contributed by atoms with van der Waals surface area (Å²) in [6, 6.07) is 5.47. The van der Waals surface area contributed by atoms with Crippen molar-refractivity contribution < 1.29 is 6.11 Å². The predicted octanol–water partition coefficient (Wildman–Crippen LogP) is 1.24. The minimum atomic E-state index is -0.430. The van der Waals surface area contributed by atoms with E-state index in [9.17, 15) is 4.79 Å². The van der Waals surface area contributed by atoms with E-state index < -0.39 is 5.69 Å². The summed E-state index contributed by atoms with van der Waals surface area (Å²) in [5.74, 6) is 0.902. The zero-order valence-corrected chi connectivity index (χ0v) is 13.6. The van der Waals surface area contributed by atoms with Gasteiger partial charge in [0.15, 0.2) is 5.82 Å². The molecule has 0 atom stereocenters. The van der Waals surface area contributed by atoms with Crippen molar-refractivity contribution in [1.29, 1.82) is 0 Å². The topological polar surface area (TPSA) is 79.8 Å². The van der Waals surface area contributed by atoms with Gasteiger partial charge in [-0.05, 0) is 29.0 Å². The van der Waals surface area contributed by atoms with Gasteiger partial charge in [0.1, 0.15) is 17.5 Å². The number of hydrogen-bond donors (Lipinski definition) is 0. The number of benzene rings is 1. The molecule has 0 saturated heterocycles. The first-order chi connectivity index (χ1) is 11.4. The molecule has 120 valence electrons. The van der Waals surface area contributed by atoms with Crippen molar-refractivity contribution in [1.82, 2.24) is 29.6 Å². The van der Waals surface area contributed by atoms with Gasteiger partial charge in [-0.3, -0.25) is 4.68 Å². The molecule has 0 aliphatic carbocycles. The molecule has 8 nitrogen and oxygen atoms in total. The predicted molar refractivity (Wildman–Crippen MR) is 83.9 cm³/mol. The molecule has 9 heteroatoms. The lowest BCUT2D eigenvalue weighted by molar-refractivity contribution is 0.303. The Balaban J connectivity index is 1.96. The van der Waals surface area contributed by atoms with Crippen molar-refractivity contribution in [2.45, 2.75) is 13.5 Å². The smallest absolute Gasteiger partial charge is 0.369 e. The lowest BCUT2D eigenvalue weighted by Gasteiger charge is -2.08. The van der Waals surface area contributed by atoms with Gasteiger partial charge in [-0.2, -0.15) is 9.78 Å². The fourth-order valence-corrected chi connectivity index (χ4v) is 2.26. The number of hydrogen-bond acceptors (Lipinski definition) is 5. The molecule has 0 aliphatic heterocycles. The van der Waals surface area contributed by atoms with Crippen molar-refractivity contribution in [3.05, 3.63) is 51.0 Å². The Kier molecular flexibility index (Phi) is 3.58. The molecule has 0 aliphatic rings. The van der Waals surface area contributed by atoms with Crippen molar-refractivity contribution in [3.8, 4) is 11.6 Å². The summed E-state index contributed by atoms with van der Waals surface area (Å²) in [7, 11) is 3.16. The third-order valence-corrected chi connectivity index (χ3v) is 3.83. The number of aryl methyl sites for hydroxylation is 3. The maximum Gasteiger partial charge on any atom is 0.369 e. The van der Waals surface area contributed by atoms with Crippen molar-refractivity contribution in [2.75, 3.05) is 0 Å². The molecule has 2 aromatic heterocycles. The van der Waals surface area contributed by atoms with Gasteiger partial charge < -0.3 is 4.74 Å².